The van der Waals surface area contributed by atoms with Gasteiger partial charge >= 0.3 is 0 Å². The molecular weight excluding hydrogens is 200 g/mol. The molecule has 1 aliphatic carbocycles. The Morgan fingerprint density at radius 3 is 2.44 bits per heavy atom. The molecule has 1 aliphatic heterocycles. The third-order valence-corrected chi connectivity index (χ3v) is 4.22. The third-order valence-electron chi connectivity index (χ3n) is 4.22. The fourth-order valence-electron chi connectivity index (χ4n) is 3.23. The number of hydrogen-bond donors (Lipinski definition) is 2. The average Bonchev–Trinajstić information content (AvgIpc) is 2.82. The molecule has 3 heteroatoms. The highest BCUT2D eigenvalue weighted by molar-refractivity contribution is 4.77. The van der Waals surface area contributed by atoms with Crippen LogP contribution in [0.25, 0.3) is 0 Å². The number of ether oxygens (including phenoxy) is 1. The van der Waals surface area contributed by atoms with Crippen molar-refractivity contribution in [2.24, 2.45) is 17.7 Å². The lowest BCUT2D eigenvalue weighted by Crippen LogP contribution is -2.38. The summed E-state index contributed by atoms with van der Waals surface area (Å²) in [5.41, 5.74) is 3.02. The topological polar surface area (TPSA) is 47.3 Å². The zero-order valence-electron chi connectivity index (χ0n) is 10.3. The lowest BCUT2D eigenvalue weighted by Gasteiger charge is -2.27. The van der Waals surface area contributed by atoms with E-state index in [1.54, 1.807) is 0 Å². The summed E-state index contributed by atoms with van der Waals surface area (Å²) < 4.78 is 5.42. The van der Waals surface area contributed by atoms with Gasteiger partial charge in [0.1, 0.15) is 0 Å². The summed E-state index contributed by atoms with van der Waals surface area (Å²) in [6.45, 7) is 1.90. The molecule has 2 rings (SSSR count). The van der Waals surface area contributed by atoms with E-state index >= 15 is 0 Å². The number of hydrazine groups is 1. The molecule has 1 heterocycles. The molecule has 0 bridgehead atoms. The Morgan fingerprint density at radius 1 is 1.06 bits per heavy atom. The molecule has 0 aromatic rings. The molecule has 0 spiro atoms. The molecule has 1 saturated carbocycles. The molecule has 94 valence electrons. The van der Waals surface area contributed by atoms with Gasteiger partial charge in [-0.05, 0) is 31.1 Å². The van der Waals surface area contributed by atoms with Gasteiger partial charge in [-0.25, -0.2) is 0 Å². The largest absolute Gasteiger partial charge is 0.381 e. The normalized spacial score (nSPS) is 29.4. The van der Waals surface area contributed by atoms with Crippen molar-refractivity contribution in [2.75, 3.05) is 13.2 Å². The minimum Gasteiger partial charge on any atom is -0.381 e. The van der Waals surface area contributed by atoms with Crippen LogP contribution in [0.5, 0.6) is 0 Å². The molecule has 16 heavy (non-hydrogen) atoms. The smallest absolute Gasteiger partial charge is 0.0495 e. The predicted octanol–water partition coefficient (Wildman–Crippen LogP) is 2.22. The van der Waals surface area contributed by atoms with Gasteiger partial charge in [0.2, 0.25) is 0 Å². The minimum atomic E-state index is 0.509. The fraction of sp³-hybridized carbons (Fsp3) is 1.00. The summed E-state index contributed by atoms with van der Waals surface area (Å²) >= 11 is 0. The molecule has 3 N–H and O–H groups in total. The van der Waals surface area contributed by atoms with Crippen LogP contribution < -0.4 is 11.3 Å². The first-order valence-corrected chi connectivity index (χ1v) is 6.92. The molecule has 2 aliphatic rings. The Balaban J connectivity index is 1.70. The maximum Gasteiger partial charge on any atom is 0.0495 e. The second-order valence-electron chi connectivity index (χ2n) is 5.57. The van der Waals surface area contributed by atoms with Gasteiger partial charge in [0.05, 0.1) is 0 Å². The summed E-state index contributed by atoms with van der Waals surface area (Å²) in [6.07, 6.45) is 10.8. The summed E-state index contributed by atoms with van der Waals surface area (Å²) in [4.78, 5) is 0. The first-order chi connectivity index (χ1) is 7.88. The van der Waals surface area contributed by atoms with Crippen LogP contribution in [-0.4, -0.2) is 19.3 Å². The monoisotopic (exact) mass is 226 g/mol. The predicted molar refractivity (Wildman–Crippen MR) is 65.8 cm³/mol. The van der Waals surface area contributed by atoms with Crippen molar-refractivity contribution in [1.82, 2.24) is 5.43 Å². The van der Waals surface area contributed by atoms with Crippen LogP contribution in [0.15, 0.2) is 0 Å². The van der Waals surface area contributed by atoms with Gasteiger partial charge in [-0.3, -0.25) is 11.3 Å². The first kappa shape index (κ1) is 12.3. The van der Waals surface area contributed by atoms with Crippen molar-refractivity contribution < 1.29 is 4.74 Å². The van der Waals surface area contributed by atoms with Crippen molar-refractivity contribution in [3.05, 3.63) is 0 Å². The summed E-state index contributed by atoms with van der Waals surface area (Å²) in [7, 11) is 0. The Labute approximate surface area is 99.1 Å². The number of rotatable bonds is 5. The first-order valence-electron chi connectivity index (χ1n) is 6.92. The molecule has 0 aromatic heterocycles. The zero-order valence-corrected chi connectivity index (χ0v) is 10.3. The Kier molecular flexibility index (Phi) is 5.07. The van der Waals surface area contributed by atoms with E-state index in [1.165, 1.54) is 51.4 Å². The van der Waals surface area contributed by atoms with E-state index in [0.717, 1.165) is 25.0 Å². The van der Waals surface area contributed by atoms with Gasteiger partial charge < -0.3 is 4.74 Å². The minimum absolute atomic E-state index is 0.509. The van der Waals surface area contributed by atoms with Gasteiger partial charge in [0.15, 0.2) is 0 Å². The number of nitrogens with two attached hydrogens (primary N) is 1. The second-order valence-corrected chi connectivity index (χ2v) is 5.57. The van der Waals surface area contributed by atoms with E-state index in [-0.39, 0.29) is 0 Å². The van der Waals surface area contributed by atoms with E-state index in [9.17, 15) is 0 Å². The summed E-state index contributed by atoms with van der Waals surface area (Å²) in [5.74, 6) is 7.33. The molecule has 1 saturated heterocycles. The lowest BCUT2D eigenvalue weighted by atomic mass is 9.83. The summed E-state index contributed by atoms with van der Waals surface area (Å²) in [6, 6.07) is 0.509. The second kappa shape index (κ2) is 6.58. The fourth-order valence-corrected chi connectivity index (χ4v) is 3.23. The standard InChI is InChI=1S/C13H26N2O/c14-15-13(9-12-6-7-16-10-12)8-11-4-2-1-3-5-11/h11-13,15H,1-10,14H2. The highest BCUT2D eigenvalue weighted by atomic mass is 16.5. The van der Waals surface area contributed by atoms with Gasteiger partial charge in [-0.2, -0.15) is 0 Å². The highest BCUT2D eigenvalue weighted by Crippen LogP contribution is 2.29. The molecular formula is C13H26N2O. The summed E-state index contributed by atoms with van der Waals surface area (Å²) in [5, 5.41) is 0. The van der Waals surface area contributed by atoms with Crippen molar-refractivity contribution >= 4 is 0 Å². The van der Waals surface area contributed by atoms with E-state index in [1.807, 2.05) is 0 Å². The van der Waals surface area contributed by atoms with Crippen LogP contribution in [0.1, 0.15) is 51.4 Å². The van der Waals surface area contributed by atoms with Gasteiger partial charge in [0.25, 0.3) is 0 Å². The van der Waals surface area contributed by atoms with Crippen LogP contribution in [0.4, 0.5) is 0 Å². The Hall–Kier alpha value is -0.120. The molecule has 0 aromatic carbocycles. The average molecular weight is 226 g/mol. The molecule has 0 radical (unpaired) electrons. The van der Waals surface area contributed by atoms with Gasteiger partial charge in [-0.1, -0.05) is 32.1 Å². The number of nitrogens with one attached hydrogen (secondary N) is 1. The van der Waals surface area contributed by atoms with E-state index in [0.29, 0.717) is 6.04 Å². The van der Waals surface area contributed by atoms with E-state index < -0.39 is 0 Å². The Morgan fingerprint density at radius 2 is 1.81 bits per heavy atom. The molecule has 2 fully saturated rings. The maximum absolute atomic E-state index is 5.68. The van der Waals surface area contributed by atoms with Crippen molar-refractivity contribution in [3.63, 3.8) is 0 Å². The van der Waals surface area contributed by atoms with Crippen molar-refractivity contribution in [1.29, 1.82) is 0 Å². The molecule has 3 nitrogen and oxygen atoms in total. The van der Waals surface area contributed by atoms with Crippen LogP contribution in [0.3, 0.4) is 0 Å². The third kappa shape index (κ3) is 3.72. The lowest BCUT2D eigenvalue weighted by molar-refractivity contribution is 0.178. The SMILES string of the molecule is NNC(CC1CCCCC1)CC1CCOC1. The zero-order chi connectivity index (χ0) is 11.2. The number of hydrogen-bond acceptors (Lipinski definition) is 3. The van der Waals surface area contributed by atoms with Crippen molar-refractivity contribution in [2.45, 2.75) is 57.4 Å². The van der Waals surface area contributed by atoms with E-state index in [2.05, 4.69) is 5.43 Å². The quantitative estimate of drug-likeness (QED) is 0.558. The van der Waals surface area contributed by atoms with Crippen LogP contribution in [-0.2, 0) is 4.74 Å². The van der Waals surface area contributed by atoms with Crippen LogP contribution in [0.2, 0.25) is 0 Å². The molecule has 0 amide bonds. The van der Waals surface area contributed by atoms with Gasteiger partial charge in [0, 0.05) is 19.3 Å². The highest BCUT2D eigenvalue weighted by Gasteiger charge is 2.23. The van der Waals surface area contributed by atoms with Crippen LogP contribution >= 0.6 is 0 Å². The van der Waals surface area contributed by atoms with Crippen molar-refractivity contribution in [3.8, 4) is 0 Å². The van der Waals surface area contributed by atoms with Gasteiger partial charge in [-0.15, -0.1) is 0 Å². The maximum atomic E-state index is 5.68. The molecule has 2 unspecified atom stereocenters. The van der Waals surface area contributed by atoms with Crippen LogP contribution in [0, 0.1) is 11.8 Å². The Bertz CT molecular complexity index is 186. The van der Waals surface area contributed by atoms with E-state index in [4.69, 9.17) is 10.6 Å². The molecule has 2 atom stereocenters.